The molecule has 1 aliphatic heterocycles. The van der Waals surface area contributed by atoms with Crippen molar-refractivity contribution < 1.29 is 27.9 Å². The number of furan rings is 1. The van der Waals surface area contributed by atoms with Crippen LogP contribution in [0.3, 0.4) is 0 Å². The van der Waals surface area contributed by atoms with E-state index in [2.05, 4.69) is 25.7 Å². The summed E-state index contributed by atoms with van der Waals surface area (Å²) >= 11 is 5.84. The Balaban J connectivity index is 1.33. The number of aliphatic hydroxyl groups is 1. The number of amides is 2. The molecule has 5 rings (SSSR count). The average molecular weight is 572 g/mol. The van der Waals surface area contributed by atoms with E-state index in [0.29, 0.717) is 17.1 Å². The first-order valence-corrected chi connectivity index (χ1v) is 12.6. The van der Waals surface area contributed by atoms with Crippen molar-refractivity contribution in [1.29, 1.82) is 0 Å². The third-order valence-electron chi connectivity index (χ3n) is 6.61. The molecule has 4 heterocycles. The Morgan fingerprint density at radius 1 is 1.25 bits per heavy atom. The van der Waals surface area contributed by atoms with Gasteiger partial charge in [-0.25, -0.2) is 18.7 Å². The van der Waals surface area contributed by atoms with Gasteiger partial charge in [0, 0.05) is 26.1 Å². The maximum Gasteiger partial charge on any atom is 0.258 e. The van der Waals surface area contributed by atoms with Crippen LogP contribution >= 0.6 is 11.6 Å². The fourth-order valence-corrected chi connectivity index (χ4v) is 4.56. The van der Waals surface area contributed by atoms with Gasteiger partial charge in [0.15, 0.2) is 11.6 Å². The van der Waals surface area contributed by atoms with Crippen LogP contribution in [-0.4, -0.2) is 60.8 Å². The van der Waals surface area contributed by atoms with E-state index in [4.69, 9.17) is 16.0 Å². The quantitative estimate of drug-likeness (QED) is 0.293. The van der Waals surface area contributed by atoms with Crippen LogP contribution in [0.1, 0.15) is 34.6 Å². The summed E-state index contributed by atoms with van der Waals surface area (Å²) in [6, 6.07) is 5.17. The fraction of sp³-hybridized carbons (Fsp3) is 0.269. The largest absolute Gasteiger partial charge is 0.458 e. The minimum Gasteiger partial charge on any atom is -0.458 e. The topological polar surface area (TPSA) is 138 Å². The Bertz CT molecular complexity index is 1590. The Hall–Kier alpha value is -4.36. The second-order valence-electron chi connectivity index (χ2n) is 9.14. The molecular weight excluding hydrogens is 548 g/mol. The summed E-state index contributed by atoms with van der Waals surface area (Å²) in [6.45, 7) is 1.25. The summed E-state index contributed by atoms with van der Waals surface area (Å²) in [6.07, 6.45) is 2.85. The van der Waals surface area contributed by atoms with Crippen LogP contribution in [0.4, 0.5) is 20.5 Å². The number of aliphatic hydroxyl groups excluding tert-OH is 1. The summed E-state index contributed by atoms with van der Waals surface area (Å²) < 4.78 is 35.6. The van der Waals surface area contributed by atoms with E-state index < -0.39 is 42.1 Å². The molecule has 4 aromatic rings. The van der Waals surface area contributed by atoms with E-state index in [9.17, 15) is 23.5 Å². The molecule has 2 amide bonds. The molecule has 3 N–H and O–H groups in total. The number of benzene rings is 1. The molecule has 40 heavy (non-hydrogen) atoms. The van der Waals surface area contributed by atoms with Crippen LogP contribution in [0.25, 0.3) is 11.5 Å². The molecule has 0 bridgehead atoms. The number of halogens is 3. The Morgan fingerprint density at radius 2 is 2.05 bits per heavy atom. The highest BCUT2D eigenvalue weighted by Crippen LogP contribution is 2.31. The van der Waals surface area contributed by atoms with Crippen LogP contribution < -0.4 is 10.6 Å². The maximum absolute atomic E-state index is 14.7. The Kier molecular flexibility index (Phi) is 7.50. The van der Waals surface area contributed by atoms with E-state index in [1.54, 1.807) is 30.9 Å². The fourth-order valence-electron chi connectivity index (χ4n) is 4.37. The van der Waals surface area contributed by atoms with Crippen molar-refractivity contribution in [2.24, 2.45) is 7.05 Å². The smallest absolute Gasteiger partial charge is 0.258 e. The van der Waals surface area contributed by atoms with Gasteiger partial charge in [0.1, 0.15) is 29.1 Å². The van der Waals surface area contributed by atoms with Gasteiger partial charge in [-0.2, -0.15) is 5.10 Å². The van der Waals surface area contributed by atoms with E-state index in [1.807, 2.05) is 0 Å². The number of carbonyl (C=O) groups is 2. The molecule has 1 aliphatic rings. The van der Waals surface area contributed by atoms with Gasteiger partial charge in [-0.15, -0.1) is 0 Å². The number of anilines is 2. The lowest BCUT2D eigenvalue weighted by Crippen LogP contribution is -2.51. The third kappa shape index (κ3) is 5.25. The van der Waals surface area contributed by atoms with Crippen molar-refractivity contribution in [3.63, 3.8) is 0 Å². The average Bonchev–Trinajstić information content (AvgIpc) is 3.56. The van der Waals surface area contributed by atoms with Crippen molar-refractivity contribution in [3.8, 4) is 11.5 Å². The molecule has 1 aromatic carbocycles. The number of hydrogen-bond donors (Lipinski definition) is 3. The summed E-state index contributed by atoms with van der Waals surface area (Å²) in [4.78, 5) is 35.9. The molecule has 0 aliphatic carbocycles. The van der Waals surface area contributed by atoms with E-state index >= 15 is 0 Å². The van der Waals surface area contributed by atoms with Crippen molar-refractivity contribution in [1.82, 2.24) is 30.0 Å². The number of fused-ring (bicyclic) bond motifs is 1. The van der Waals surface area contributed by atoms with Crippen molar-refractivity contribution >= 4 is 35.2 Å². The van der Waals surface area contributed by atoms with Gasteiger partial charge >= 0.3 is 0 Å². The van der Waals surface area contributed by atoms with Crippen molar-refractivity contribution in [3.05, 3.63) is 76.3 Å². The van der Waals surface area contributed by atoms with Gasteiger partial charge in [0.05, 0.1) is 35.6 Å². The molecule has 0 radical (unpaired) electrons. The maximum atomic E-state index is 14.7. The lowest BCUT2D eigenvalue weighted by molar-refractivity contribution is -0.126. The molecule has 208 valence electrons. The molecule has 3 aromatic heterocycles. The van der Waals surface area contributed by atoms with Gasteiger partial charge in [-0.05, 0) is 30.7 Å². The molecule has 0 saturated carbocycles. The SMILES string of the molecule is C[C@H](C(=O)N[C@H](CO)c1ccc(F)c(Cl)c1)N1CCc2oc(-c3nc(Nc4ccnn4C)ncc3F)cc2C1=O. The number of hydrogen-bond acceptors (Lipinski definition) is 8. The van der Waals surface area contributed by atoms with Crippen LogP contribution in [0.5, 0.6) is 0 Å². The highest BCUT2D eigenvalue weighted by molar-refractivity contribution is 6.30. The molecule has 14 heteroatoms. The first-order valence-electron chi connectivity index (χ1n) is 12.2. The highest BCUT2D eigenvalue weighted by atomic mass is 35.5. The second kappa shape index (κ2) is 11.0. The minimum absolute atomic E-state index is 0.0405. The normalized spacial score (nSPS) is 14.6. The van der Waals surface area contributed by atoms with Gasteiger partial charge in [-0.1, -0.05) is 17.7 Å². The third-order valence-corrected chi connectivity index (χ3v) is 6.90. The number of nitrogens with one attached hydrogen (secondary N) is 2. The minimum atomic E-state index is -0.922. The first kappa shape index (κ1) is 27.2. The number of aryl methyl sites for hydroxylation is 1. The Morgan fingerprint density at radius 3 is 2.75 bits per heavy atom. The summed E-state index contributed by atoms with van der Waals surface area (Å²) in [5, 5.41) is 19.3. The molecule has 0 saturated heterocycles. The number of rotatable bonds is 8. The highest BCUT2D eigenvalue weighted by Gasteiger charge is 2.35. The molecular formula is C26H24ClF2N7O4. The molecule has 2 atom stereocenters. The number of aromatic nitrogens is 4. The lowest BCUT2D eigenvalue weighted by Gasteiger charge is -2.32. The van der Waals surface area contributed by atoms with Crippen molar-refractivity contribution in [2.45, 2.75) is 25.4 Å². The zero-order valence-corrected chi connectivity index (χ0v) is 22.1. The monoisotopic (exact) mass is 571 g/mol. The lowest BCUT2D eigenvalue weighted by atomic mass is 10.0. The summed E-state index contributed by atoms with van der Waals surface area (Å²) in [5.41, 5.74) is 0.456. The van der Waals surface area contributed by atoms with Gasteiger partial charge in [0.25, 0.3) is 5.91 Å². The Labute approximate surface area is 231 Å². The summed E-state index contributed by atoms with van der Waals surface area (Å²) in [5.74, 6) is -1.31. The van der Waals surface area contributed by atoms with Crippen LogP contribution in [0, 0.1) is 11.6 Å². The molecule has 0 fully saturated rings. The second-order valence-corrected chi connectivity index (χ2v) is 9.55. The van der Waals surface area contributed by atoms with Crippen LogP contribution in [0.15, 0.2) is 47.1 Å². The first-order chi connectivity index (χ1) is 19.2. The summed E-state index contributed by atoms with van der Waals surface area (Å²) in [7, 11) is 1.72. The molecule has 11 nitrogen and oxygen atoms in total. The van der Waals surface area contributed by atoms with E-state index in [-0.39, 0.29) is 41.0 Å². The van der Waals surface area contributed by atoms with Gasteiger partial charge in [0.2, 0.25) is 11.9 Å². The predicted molar refractivity (Wildman–Crippen MR) is 140 cm³/mol. The molecule has 0 unspecified atom stereocenters. The number of carbonyl (C=O) groups excluding carboxylic acids is 2. The van der Waals surface area contributed by atoms with E-state index in [0.717, 1.165) is 12.3 Å². The predicted octanol–water partition coefficient (Wildman–Crippen LogP) is 3.38. The zero-order valence-electron chi connectivity index (χ0n) is 21.4. The van der Waals surface area contributed by atoms with Gasteiger partial charge < -0.3 is 25.1 Å². The van der Waals surface area contributed by atoms with Gasteiger partial charge in [-0.3, -0.25) is 14.3 Å². The number of nitrogens with zero attached hydrogens (tertiary/aromatic N) is 5. The standard InChI is InChI=1S/C26H24ClF2N7O4/c1-13(24(38)32-19(12-37)14-3-4-17(28)16(27)9-14)36-8-6-20-15(25(36)39)10-21(40-20)23-18(29)11-30-26(34-23)33-22-5-7-31-35(22)2/h3-5,7,9-11,13,19,37H,6,8,12H2,1-2H3,(H,32,38)(H,30,33,34)/t13-,19-/m1/s1. The zero-order chi connectivity index (χ0) is 28.6. The van der Waals surface area contributed by atoms with Crippen LogP contribution in [-0.2, 0) is 18.3 Å². The van der Waals surface area contributed by atoms with Crippen LogP contribution in [0.2, 0.25) is 5.02 Å². The molecule has 0 spiro atoms. The van der Waals surface area contributed by atoms with Crippen molar-refractivity contribution in [2.75, 3.05) is 18.5 Å². The van der Waals surface area contributed by atoms with E-state index in [1.165, 1.54) is 23.1 Å².